The van der Waals surface area contributed by atoms with Crippen LogP contribution in [0.3, 0.4) is 0 Å². The highest BCUT2D eigenvalue weighted by molar-refractivity contribution is 5.49. The van der Waals surface area contributed by atoms with Gasteiger partial charge in [-0.2, -0.15) is 4.98 Å². The predicted molar refractivity (Wildman–Crippen MR) is 60.2 cm³/mol. The second kappa shape index (κ2) is 5.44. The summed E-state index contributed by atoms with van der Waals surface area (Å²) in [6.45, 7) is 7.25. The number of rotatable bonds is 5. The van der Waals surface area contributed by atoms with Gasteiger partial charge in [0.15, 0.2) is 0 Å². The maximum atomic E-state index is 5.69. The summed E-state index contributed by atoms with van der Waals surface area (Å²) in [6, 6.07) is 3.49. The maximum Gasteiger partial charge on any atom is 0.240 e. The van der Waals surface area contributed by atoms with Gasteiger partial charge in [-0.3, -0.25) is 0 Å². The molecule has 0 unspecified atom stereocenters. The van der Waals surface area contributed by atoms with Crippen LogP contribution in [0.15, 0.2) is 12.1 Å². The molecule has 0 radical (unpaired) electrons. The number of hydrogen-bond acceptors (Lipinski definition) is 4. The van der Waals surface area contributed by atoms with Crippen molar-refractivity contribution >= 4 is 5.69 Å². The molecule has 0 amide bonds. The highest BCUT2D eigenvalue weighted by Gasteiger charge is 2.05. The zero-order valence-corrected chi connectivity index (χ0v) is 9.49. The lowest BCUT2D eigenvalue weighted by Gasteiger charge is -2.10. The third-order valence-electron chi connectivity index (χ3n) is 1.71. The molecule has 0 aliphatic rings. The molecule has 0 aliphatic heterocycles. The number of nitrogen functional groups attached to an aromatic ring is 1. The van der Waals surface area contributed by atoms with E-state index in [1.807, 2.05) is 6.92 Å². The van der Waals surface area contributed by atoms with Crippen molar-refractivity contribution in [2.24, 2.45) is 5.92 Å². The number of hydrogen-bond donors (Lipinski definition) is 1. The molecule has 1 aromatic heterocycles. The molecule has 84 valence electrons. The fourth-order valence-electron chi connectivity index (χ4n) is 1.02. The first kappa shape index (κ1) is 11.6. The van der Waals surface area contributed by atoms with Crippen LogP contribution in [0.25, 0.3) is 0 Å². The van der Waals surface area contributed by atoms with Gasteiger partial charge in [-0.25, -0.2) is 0 Å². The van der Waals surface area contributed by atoms with Crippen LogP contribution in [-0.4, -0.2) is 18.2 Å². The molecule has 0 spiro atoms. The van der Waals surface area contributed by atoms with Gasteiger partial charge in [0.25, 0.3) is 0 Å². The molecule has 0 aliphatic carbocycles. The molecule has 1 rings (SSSR count). The summed E-state index contributed by atoms with van der Waals surface area (Å²) in [5.74, 6) is 1.47. The van der Waals surface area contributed by atoms with E-state index in [9.17, 15) is 0 Å². The molecule has 0 bridgehead atoms. The number of pyridine rings is 1. The lowest BCUT2D eigenvalue weighted by Crippen LogP contribution is -2.07. The molecule has 1 heterocycles. The largest absolute Gasteiger partial charge is 0.477 e. The van der Waals surface area contributed by atoms with E-state index in [1.165, 1.54) is 0 Å². The van der Waals surface area contributed by atoms with E-state index < -0.39 is 0 Å². The summed E-state index contributed by atoms with van der Waals surface area (Å²) in [5.41, 5.74) is 6.22. The van der Waals surface area contributed by atoms with Gasteiger partial charge in [-0.05, 0) is 18.9 Å². The van der Waals surface area contributed by atoms with Crippen molar-refractivity contribution in [2.75, 3.05) is 18.9 Å². The Hall–Kier alpha value is -1.45. The Labute approximate surface area is 90.4 Å². The van der Waals surface area contributed by atoms with Crippen LogP contribution < -0.4 is 15.2 Å². The summed E-state index contributed by atoms with van der Waals surface area (Å²) in [5, 5.41) is 0. The molecule has 4 nitrogen and oxygen atoms in total. The van der Waals surface area contributed by atoms with Crippen LogP contribution in [-0.2, 0) is 0 Å². The minimum Gasteiger partial charge on any atom is -0.477 e. The average molecular weight is 210 g/mol. The molecular formula is C11H18N2O2. The van der Waals surface area contributed by atoms with Crippen molar-refractivity contribution in [3.8, 4) is 11.8 Å². The lowest BCUT2D eigenvalue weighted by atomic mass is 10.2. The first-order chi connectivity index (χ1) is 7.13. The molecule has 0 aromatic carbocycles. The van der Waals surface area contributed by atoms with Gasteiger partial charge < -0.3 is 15.2 Å². The number of ether oxygens (including phenoxy) is 2. The van der Waals surface area contributed by atoms with E-state index in [0.717, 1.165) is 0 Å². The zero-order valence-electron chi connectivity index (χ0n) is 9.49. The van der Waals surface area contributed by atoms with Crippen LogP contribution in [0, 0.1) is 5.92 Å². The van der Waals surface area contributed by atoms with Gasteiger partial charge in [-0.15, -0.1) is 0 Å². The molecule has 0 fully saturated rings. The van der Waals surface area contributed by atoms with Crippen molar-refractivity contribution in [1.29, 1.82) is 0 Å². The Bertz CT molecular complexity index is 313. The van der Waals surface area contributed by atoms with Gasteiger partial charge in [0, 0.05) is 6.07 Å². The minimum atomic E-state index is 0.443. The van der Waals surface area contributed by atoms with Gasteiger partial charge in [0.2, 0.25) is 11.8 Å². The van der Waals surface area contributed by atoms with Crippen molar-refractivity contribution in [3.05, 3.63) is 12.1 Å². The molecule has 0 saturated heterocycles. The summed E-state index contributed by atoms with van der Waals surface area (Å²) in [7, 11) is 0. The quantitative estimate of drug-likeness (QED) is 0.808. The fourth-order valence-corrected chi connectivity index (χ4v) is 1.02. The van der Waals surface area contributed by atoms with E-state index in [0.29, 0.717) is 36.6 Å². The predicted octanol–water partition coefficient (Wildman–Crippen LogP) is 2.10. The standard InChI is InChI=1S/C11H18N2O2/c1-4-14-11-9(12)5-6-10(13-11)15-7-8(2)3/h5-6,8H,4,7,12H2,1-3H3. The number of aromatic nitrogens is 1. The first-order valence-electron chi connectivity index (χ1n) is 5.15. The second-order valence-corrected chi connectivity index (χ2v) is 3.68. The van der Waals surface area contributed by atoms with Crippen molar-refractivity contribution in [3.63, 3.8) is 0 Å². The lowest BCUT2D eigenvalue weighted by molar-refractivity contribution is 0.254. The fraction of sp³-hybridized carbons (Fsp3) is 0.545. The van der Waals surface area contributed by atoms with Gasteiger partial charge >= 0.3 is 0 Å². The van der Waals surface area contributed by atoms with Crippen molar-refractivity contribution in [2.45, 2.75) is 20.8 Å². The van der Waals surface area contributed by atoms with Crippen molar-refractivity contribution < 1.29 is 9.47 Å². The van der Waals surface area contributed by atoms with Gasteiger partial charge in [-0.1, -0.05) is 13.8 Å². The number of nitrogens with two attached hydrogens (primary N) is 1. The molecular weight excluding hydrogens is 192 g/mol. The van der Waals surface area contributed by atoms with Crippen LogP contribution in [0.1, 0.15) is 20.8 Å². The Morgan fingerprint density at radius 1 is 1.33 bits per heavy atom. The third-order valence-corrected chi connectivity index (χ3v) is 1.71. The maximum absolute atomic E-state index is 5.69. The van der Waals surface area contributed by atoms with E-state index in [4.69, 9.17) is 15.2 Å². The Balaban J connectivity index is 2.69. The Kier molecular flexibility index (Phi) is 4.21. The Morgan fingerprint density at radius 3 is 2.67 bits per heavy atom. The zero-order chi connectivity index (χ0) is 11.3. The van der Waals surface area contributed by atoms with Crippen LogP contribution in [0.4, 0.5) is 5.69 Å². The molecule has 0 atom stereocenters. The highest BCUT2D eigenvalue weighted by atomic mass is 16.5. The minimum absolute atomic E-state index is 0.443. The van der Waals surface area contributed by atoms with Gasteiger partial charge in [0.1, 0.15) is 0 Å². The summed E-state index contributed by atoms with van der Waals surface area (Å²) in [6.07, 6.45) is 0. The number of nitrogens with zero attached hydrogens (tertiary/aromatic N) is 1. The smallest absolute Gasteiger partial charge is 0.240 e. The highest BCUT2D eigenvalue weighted by Crippen LogP contribution is 2.22. The molecule has 0 saturated carbocycles. The van der Waals surface area contributed by atoms with Crippen LogP contribution >= 0.6 is 0 Å². The average Bonchev–Trinajstić information content (AvgIpc) is 2.19. The topological polar surface area (TPSA) is 57.4 Å². The SMILES string of the molecule is CCOc1nc(OCC(C)C)ccc1N. The summed E-state index contributed by atoms with van der Waals surface area (Å²) >= 11 is 0. The molecule has 15 heavy (non-hydrogen) atoms. The third kappa shape index (κ3) is 3.65. The second-order valence-electron chi connectivity index (χ2n) is 3.68. The monoisotopic (exact) mass is 210 g/mol. The van der Waals surface area contributed by atoms with Crippen LogP contribution in [0.5, 0.6) is 11.8 Å². The summed E-state index contributed by atoms with van der Waals surface area (Å²) in [4.78, 5) is 4.16. The molecule has 4 heteroatoms. The van der Waals surface area contributed by atoms with E-state index in [-0.39, 0.29) is 0 Å². The van der Waals surface area contributed by atoms with Gasteiger partial charge in [0.05, 0.1) is 18.9 Å². The Morgan fingerprint density at radius 2 is 2.07 bits per heavy atom. The van der Waals surface area contributed by atoms with E-state index in [1.54, 1.807) is 12.1 Å². The normalized spacial score (nSPS) is 10.4. The molecule has 1 aromatic rings. The van der Waals surface area contributed by atoms with E-state index >= 15 is 0 Å². The molecule has 2 N–H and O–H groups in total. The first-order valence-corrected chi connectivity index (χ1v) is 5.15. The van der Waals surface area contributed by atoms with Crippen molar-refractivity contribution in [1.82, 2.24) is 4.98 Å². The number of anilines is 1. The van der Waals surface area contributed by atoms with E-state index in [2.05, 4.69) is 18.8 Å². The summed E-state index contributed by atoms with van der Waals surface area (Å²) < 4.78 is 10.7. The van der Waals surface area contributed by atoms with Crippen LogP contribution in [0.2, 0.25) is 0 Å².